The van der Waals surface area contributed by atoms with Crippen molar-refractivity contribution in [3.05, 3.63) is 73.1 Å². The molecule has 2 heteroatoms. The number of para-hydroxylation sites is 2. The van der Waals surface area contributed by atoms with Crippen molar-refractivity contribution in [2.75, 3.05) is 0 Å². The number of fused-ring (bicyclic) bond motifs is 3. The molecule has 0 atom stereocenters. The van der Waals surface area contributed by atoms with Gasteiger partial charge in [-0.3, -0.25) is 0 Å². The fourth-order valence-corrected chi connectivity index (χ4v) is 3.26. The van der Waals surface area contributed by atoms with Crippen LogP contribution >= 0.6 is 0 Å². The summed E-state index contributed by atoms with van der Waals surface area (Å²) in [5, 5.41) is 2.64. The van der Waals surface area contributed by atoms with Crippen LogP contribution in [0, 0.1) is 0 Å². The number of nitrogens with zero attached hydrogens (tertiary/aromatic N) is 2. The first-order chi connectivity index (χ1) is 10.8. The number of rotatable bonds is 2. The first kappa shape index (κ1) is 13.1. The van der Waals surface area contributed by atoms with E-state index in [2.05, 4.69) is 90.0 Å². The van der Waals surface area contributed by atoms with E-state index < -0.39 is 0 Å². The summed E-state index contributed by atoms with van der Waals surface area (Å²) in [4.78, 5) is 0. The number of benzene rings is 2. The van der Waals surface area contributed by atoms with Crippen LogP contribution in [0.5, 0.6) is 0 Å². The van der Waals surface area contributed by atoms with E-state index in [0.717, 1.165) is 0 Å². The Kier molecular flexibility index (Phi) is 2.97. The summed E-state index contributed by atoms with van der Waals surface area (Å²) in [5.74, 6) is 0. The van der Waals surface area contributed by atoms with Crippen molar-refractivity contribution in [1.29, 1.82) is 0 Å². The third-order valence-corrected chi connectivity index (χ3v) is 4.22. The molecule has 0 aliphatic heterocycles. The standard InChI is InChI=1S/C20H19N2/c1-15(2)22-19-11-7-6-10-17(19)18-12-13-21(14-20(18)22)16-8-4-3-5-9-16/h3-15H,1-2H3/q+1. The average Bonchev–Trinajstić information content (AvgIpc) is 2.89. The second-order valence-corrected chi connectivity index (χ2v) is 5.97. The lowest BCUT2D eigenvalue weighted by Gasteiger charge is -2.10. The second kappa shape index (κ2) is 4.99. The number of aromatic nitrogens is 2. The number of hydrogen-bond donors (Lipinski definition) is 0. The van der Waals surface area contributed by atoms with E-state index in [4.69, 9.17) is 0 Å². The molecule has 0 saturated carbocycles. The Morgan fingerprint density at radius 2 is 1.45 bits per heavy atom. The van der Waals surface area contributed by atoms with Crippen molar-refractivity contribution in [2.24, 2.45) is 0 Å². The van der Waals surface area contributed by atoms with Gasteiger partial charge in [-0.15, -0.1) is 0 Å². The summed E-state index contributed by atoms with van der Waals surface area (Å²) >= 11 is 0. The van der Waals surface area contributed by atoms with Gasteiger partial charge in [0, 0.05) is 40.5 Å². The first-order valence-corrected chi connectivity index (χ1v) is 7.75. The van der Waals surface area contributed by atoms with E-state index in [0.29, 0.717) is 6.04 Å². The Balaban J connectivity index is 2.07. The molecule has 0 bridgehead atoms. The molecular weight excluding hydrogens is 268 g/mol. The molecule has 0 N–H and O–H groups in total. The highest BCUT2D eigenvalue weighted by molar-refractivity contribution is 6.07. The fraction of sp³-hybridized carbons (Fsp3) is 0.150. The largest absolute Gasteiger partial charge is 0.333 e. The molecule has 2 aromatic heterocycles. The molecule has 4 aromatic rings. The molecule has 0 radical (unpaired) electrons. The Bertz CT molecular complexity index is 949. The van der Waals surface area contributed by atoms with Gasteiger partial charge in [-0.25, -0.2) is 0 Å². The zero-order valence-corrected chi connectivity index (χ0v) is 12.9. The maximum atomic E-state index is 2.42. The van der Waals surface area contributed by atoms with E-state index in [1.165, 1.54) is 27.5 Å². The smallest absolute Gasteiger partial charge is 0.210 e. The molecule has 108 valence electrons. The van der Waals surface area contributed by atoms with Gasteiger partial charge in [0.25, 0.3) is 0 Å². The van der Waals surface area contributed by atoms with Gasteiger partial charge in [-0.1, -0.05) is 36.4 Å². The molecule has 0 fully saturated rings. The van der Waals surface area contributed by atoms with Crippen LogP contribution in [0.15, 0.2) is 73.1 Å². The molecule has 2 heterocycles. The van der Waals surface area contributed by atoms with Crippen molar-refractivity contribution in [3.63, 3.8) is 0 Å². The van der Waals surface area contributed by atoms with Crippen LogP contribution in [0.3, 0.4) is 0 Å². The van der Waals surface area contributed by atoms with Gasteiger partial charge in [-0.2, -0.15) is 4.57 Å². The normalized spacial score (nSPS) is 11.6. The minimum atomic E-state index is 0.425. The van der Waals surface area contributed by atoms with Crippen molar-refractivity contribution >= 4 is 21.8 Å². The molecule has 0 spiro atoms. The van der Waals surface area contributed by atoms with Crippen LogP contribution in [-0.4, -0.2) is 4.57 Å². The average molecular weight is 287 g/mol. The predicted octanol–water partition coefficient (Wildman–Crippen LogP) is 4.65. The van der Waals surface area contributed by atoms with Crippen LogP contribution in [0.25, 0.3) is 27.5 Å². The Morgan fingerprint density at radius 3 is 2.23 bits per heavy atom. The highest BCUT2D eigenvalue weighted by Crippen LogP contribution is 2.30. The second-order valence-electron chi connectivity index (χ2n) is 5.97. The van der Waals surface area contributed by atoms with Gasteiger partial charge < -0.3 is 4.57 Å². The van der Waals surface area contributed by atoms with Crippen LogP contribution in [-0.2, 0) is 0 Å². The molecule has 22 heavy (non-hydrogen) atoms. The van der Waals surface area contributed by atoms with Crippen molar-refractivity contribution in [2.45, 2.75) is 19.9 Å². The lowest BCUT2D eigenvalue weighted by Crippen LogP contribution is -2.29. The molecular formula is C20H19N2+. The summed E-state index contributed by atoms with van der Waals surface area (Å²) in [7, 11) is 0. The van der Waals surface area contributed by atoms with Crippen LogP contribution in [0.4, 0.5) is 0 Å². The fourth-order valence-electron chi connectivity index (χ4n) is 3.26. The van der Waals surface area contributed by atoms with Crippen LogP contribution in [0.2, 0.25) is 0 Å². The highest BCUT2D eigenvalue weighted by Gasteiger charge is 2.16. The van der Waals surface area contributed by atoms with Gasteiger partial charge in [0.15, 0.2) is 12.4 Å². The number of hydrogen-bond acceptors (Lipinski definition) is 0. The highest BCUT2D eigenvalue weighted by atomic mass is 15.0. The molecule has 0 amide bonds. The van der Waals surface area contributed by atoms with E-state index in [1.807, 2.05) is 6.07 Å². The van der Waals surface area contributed by atoms with Crippen LogP contribution < -0.4 is 4.57 Å². The first-order valence-electron chi connectivity index (χ1n) is 7.75. The van der Waals surface area contributed by atoms with Crippen molar-refractivity contribution in [1.82, 2.24) is 4.57 Å². The molecule has 0 aliphatic rings. The topological polar surface area (TPSA) is 8.81 Å². The molecule has 2 nitrogen and oxygen atoms in total. The Labute approximate surface area is 130 Å². The monoisotopic (exact) mass is 287 g/mol. The predicted molar refractivity (Wildman–Crippen MR) is 91.4 cm³/mol. The SMILES string of the molecule is CC(C)n1c2ccccc2c2cc[n+](-c3ccccc3)cc21. The third-order valence-electron chi connectivity index (χ3n) is 4.22. The Morgan fingerprint density at radius 1 is 0.773 bits per heavy atom. The molecule has 0 unspecified atom stereocenters. The van der Waals surface area contributed by atoms with E-state index in [9.17, 15) is 0 Å². The third kappa shape index (κ3) is 1.92. The van der Waals surface area contributed by atoms with E-state index in [1.54, 1.807) is 0 Å². The Hall–Kier alpha value is -2.61. The van der Waals surface area contributed by atoms with Gasteiger partial charge in [0.2, 0.25) is 5.69 Å². The minimum Gasteiger partial charge on any atom is -0.333 e. The lowest BCUT2D eigenvalue weighted by atomic mass is 10.2. The zero-order valence-electron chi connectivity index (χ0n) is 12.9. The van der Waals surface area contributed by atoms with Gasteiger partial charge in [0.05, 0.1) is 0 Å². The van der Waals surface area contributed by atoms with Gasteiger partial charge in [-0.05, 0) is 19.9 Å². The summed E-state index contributed by atoms with van der Waals surface area (Å²) in [6, 6.07) is 21.8. The molecule has 4 rings (SSSR count). The van der Waals surface area contributed by atoms with Crippen molar-refractivity contribution in [3.8, 4) is 5.69 Å². The summed E-state index contributed by atoms with van der Waals surface area (Å²) in [5.41, 5.74) is 3.77. The van der Waals surface area contributed by atoms with Crippen molar-refractivity contribution < 1.29 is 4.57 Å². The van der Waals surface area contributed by atoms with E-state index in [-0.39, 0.29) is 0 Å². The zero-order chi connectivity index (χ0) is 15.1. The summed E-state index contributed by atoms with van der Waals surface area (Å²) in [6.07, 6.45) is 4.39. The van der Waals surface area contributed by atoms with E-state index >= 15 is 0 Å². The van der Waals surface area contributed by atoms with Gasteiger partial charge >= 0.3 is 0 Å². The molecule has 0 saturated heterocycles. The number of pyridine rings is 1. The minimum absolute atomic E-state index is 0.425. The summed E-state index contributed by atoms with van der Waals surface area (Å²) < 4.78 is 4.62. The summed E-state index contributed by atoms with van der Waals surface area (Å²) in [6.45, 7) is 4.48. The maximum absolute atomic E-state index is 2.42. The van der Waals surface area contributed by atoms with Gasteiger partial charge in [0.1, 0.15) is 5.52 Å². The van der Waals surface area contributed by atoms with Crippen LogP contribution in [0.1, 0.15) is 19.9 Å². The quantitative estimate of drug-likeness (QED) is 0.474. The molecule has 0 aliphatic carbocycles. The lowest BCUT2D eigenvalue weighted by molar-refractivity contribution is -0.594. The molecule has 2 aromatic carbocycles. The maximum Gasteiger partial charge on any atom is 0.210 e.